The van der Waals surface area contributed by atoms with Gasteiger partial charge < -0.3 is 4.84 Å². The Hall–Kier alpha value is -2.67. The van der Waals surface area contributed by atoms with Crippen LogP contribution in [0.5, 0.6) is 0 Å². The number of non-ortho nitro benzene ring substituents is 1. The number of nitro benzene ring substituents is 1. The Morgan fingerprint density at radius 3 is 1.91 bits per heavy atom. The SMILES string of the molecule is CCCCCCCCCCC/C(=N\OC(C)=O)c1ccc(Sc2ccc([N+](=O)[O-])cc2)cc1. The highest BCUT2D eigenvalue weighted by Crippen LogP contribution is 2.29. The van der Waals surface area contributed by atoms with Crippen molar-refractivity contribution in [3.05, 3.63) is 64.2 Å². The summed E-state index contributed by atoms with van der Waals surface area (Å²) in [5.41, 5.74) is 1.79. The Kier molecular flexibility index (Phi) is 12.3. The predicted molar refractivity (Wildman–Crippen MR) is 134 cm³/mol. The van der Waals surface area contributed by atoms with E-state index in [2.05, 4.69) is 12.1 Å². The number of nitrogens with zero attached hydrogens (tertiary/aromatic N) is 2. The highest BCUT2D eigenvalue weighted by atomic mass is 32.2. The molecule has 0 radical (unpaired) electrons. The lowest BCUT2D eigenvalue weighted by Gasteiger charge is -2.08. The molecule has 0 spiro atoms. The summed E-state index contributed by atoms with van der Waals surface area (Å²) in [4.78, 5) is 28.5. The quantitative estimate of drug-likeness (QED) is 0.0867. The average molecular weight is 471 g/mol. The number of hydrogen-bond donors (Lipinski definition) is 0. The lowest BCUT2D eigenvalue weighted by Crippen LogP contribution is -2.04. The summed E-state index contributed by atoms with van der Waals surface area (Å²) in [6.07, 6.45) is 12.0. The fraction of sp³-hybridized carbons (Fsp3) is 0.462. The molecule has 0 atom stereocenters. The fourth-order valence-corrected chi connectivity index (χ4v) is 4.27. The first kappa shape index (κ1) is 26.6. The summed E-state index contributed by atoms with van der Waals surface area (Å²) in [6.45, 7) is 3.59. The fourth-order valence-electron chi connectivity index (χ4n) is 3.45. The standard InChI is InChI=1S/C26H34N2O4S/c1-3-4-5-6-7-8-9-10-11-12-26(27-32-21(2)29)22-13-17-24(18-14-22)33-25-19-15-23(16-20-25)28(30)31/h13-20H,3-12H2,1-2H3/b27-26+. The Morgan fingerprint density at radius 2 is 1.39 bits per heavy atom. The molecule has 6 nitrogen and oxygen atoms in total. The van der Waals surface area contributed by atoms with Crippen molar-refractivity contribution in [3.63, 3.8) is 0 Å². The summed E-state index contributed by atoms with van der Waals surface area (Å²) in [7, 11) is 0. The molecule has 0 bridgehead atoms. The van der Waals surface area contributed by atoms with E-state index in [0.717, 1.165) is 40.3 Å². The topological polar surface area (TPSA) is 81.8 Å². The number of rotatable bonds is 15. The summed E-state index contributed by atoms with van der Waals surface area (Å²) < 4.78 is 0. The maximum absolute atomic E-state index is 11.3. The van der Waals surface area contributed by atoms with Gasteiger partial charge in [-0.05, 0) is 42.7 Å². The molecule has 0 aliphatic heterocycles. The number of carbonyl (C=O) groups excluding carboxylic acids is 1. The minimum atomic E-state index is -0.426. The van der Waals surface area contributed by atoms with Crippen LogP contribution in [0, 0.1) is 10.1 Å². The Labute approximate surface area is 200 Å². The second-order valence-electron chi connectivity index (χ2n) is 8.08. The first-order valence-corrected chi connectivity index (χ1v) is 12.6. The third-order valence-corrected chi connectivity index (χ3v) is 6.29. The van der Waals surface area contributed by atoms with Crippen molar-refractivity contribution in [1.29, 1.82) is 0 Å². The normalized spacial score (nSPS) is 11.4. The lowest BCUT2D eigenvalue weighted by molar-refractivity contribution is -0.384. The zero-order chi connectivity index (χ0) is 23.9. The Balaban J connectivity index is 1.88. The zero-order valence-corrected chi connectivity index (χ0v) is 20.4. The van der Waals surface area contributed by atoms with Crippen molar-refractivity contribution in [3.8, 4) is 0 Å². The zero-order valence-electron chi connectivity index (χ0n) is 19.6. The van der Waals surface area contributed by atoms with Gasteiger partial charge in [0, 0.05) is 28.8 Å². The van der Waals surface area contributed by atoms with E-state index < -0.39 is 10.9 Å². The van der Waals surface area contributed by atoms with E-state index in [0.29, 0.717) is 0 Å². The molecule has 0 fully saturated rings. The number of oxime groups is 1. The van der Waals surface area contributed by atoms with Crippen molar-refractivity contribution in [2.75, 3.05) is 0 Å². The largest absolute Gasteiger partial charge is 0.331 e. The van der Waals surface area contributed by atoms with Gasteiger partial charge in [0.15, 0.2) is 0 Å². The minimum absolute atomic E-state index is 0.0810. The predicted octanol–water partition coefficient (Wildman–Crippen LogP) is 7.93. The molecule has 0 saturated carbocycles. The molecule has 0 aromatic heterocycles. The molecule has 2 aromatic carbocycles. The Morgan fingerprint density at radius 1 is 0.879 bits per heavy atom. The average Bonchev–Trinajstić information content (AvgIpc) is 2.81. The molecule has 0 unspecified atom stereocenters. The van der Waals surface area contributed by atoms with Gasteiger partial charge in [0.25, 0.3) is 5.69 Å². The van der Waals surface area contributed by atoms with Crippen molar-refractivity contribution in [1.82, 2.24) is 0 Å². The summed E-state index contributed by atoms with van der Waals surface area (Å²) in [6, 6.07) is 14.4. The number of nitro groups is 1. The van der Waals surface area contributed by atoms with Crippen LogP contribution in [-0.4, -0.2) is 16.6 Å². The van der Waals surface area contributed by atoms with Gasteiger partial charge in [0.05, 0.1) is 10.6 Å². The van der Waals surface area contributed by atoms with E-state index in [-0.39, 0.29) is 5.69 Å². The molecule has 178 valence electrons. The van der Waals surface area contributed by atoms with E-state index in [1.54, 1.807) is 12.1 Å². The maximum Gasteiger partial charge on any atom is 0.331 e. The van der Waals surface area contributed by atoms with Gasteiger partial charge >= 0.3 is 5.97 Å². The van der Waals surface area contributed by atoms with Crippen molar-refractivity contribution >= 4 is 29.1 Å². The van der Waals surface area contributed by atoms with E-state index in [4.69, 9.17) is 4.84 Å². The van der Waals surface area contributed by atoms with Crippen LogP contribution in [0.15, 0.2) is 63.5 Å². The van der Waals surface area contributed by atoms with Gasteiger partial charge in [-0.25, -0.2) is 4.79 Å². The molecule has 33 heavy (non-hydrogen) atoms. The third kappa shape index (κ3) is 10.7. The molecule has 0 aliphatic rings. The van der Waals surface area contributed by atoms with Gasteiger partial charge in [-0.1, -0.05) is 87.3 Å². The summed E-state index contributed by atoms with van der Waals surface area (Å²) >= 11 is 1.53. The van der Waals surface area contributed by atoms with Crippen LogP contribution in [0.4, 0.5) is 5.69 Å². The van der Waals surface area contributed by atoms with Crippen LogP contribution >= 0.6 is 11.8 Å². The van der Waals surface area contributed by atoms with Gasteiger partial charge in [-0.15, -0.1) is 0 Å². The van der Waals surface area contributed by atoms with Crippen LogP contribution in [-0.2, 0) is 9.63 Å². The maximum atomic E-state index is 11.3. The van der Waals surface area contributed by atoms with Gasteiger partial charge in [0.1, 0.15) is 0 Å². The van der Waals surface area contributed by atoms with Crippen LogP contribution in [0.3, 0.4) is 0 Å². The number of unbranched alkanes of at least 4 members (excludes halogenated alkanes) is 8. The number of benzene rings is 2. The Bertz CT molecular complexity index is 896. The van der Waals surface area contributed by atoms with E-state index in [1.807, 2.05) is 24.3 Å². The smallest absolute Gasteiger partial charge is 0.318 e. The third-order valence-electron chi connectivity index (χ3n) is 5.27. The molecule has 2 aromatic rings. The summed E-state index contributed by atoms with van der Waals surface area (Å²) in [5.74, 6) is -0.426. The molecule has 0 heterocycles. The van der Waals surface area contributed by atoms with Gasteiger partial charge in [-0.2, -0.15) is 0 Å². The summed E-state index contributed by atoms with van der Waals surface area (Å²) in [5, 5.41) is 14.9. The van der Waals surface area contributed by atoms with Crippen LogP contribution in [0.2, 0.25) is 0 Å². The van der Waals surface area contributed by atoms with Gasteiger partial charge in [-0.3, -0.25) is 10.1 Å². The first-order valence-electron chi connectivity index (χ1n) is 11.8. The number of hydrogen-bond acceptors (Lipinski definition) is 6. The molecule has 0 aliphatic carbocycles. The molecular formula is C26H34N2O4S. The minimum Gasteiger partial charge on any atom is -0.318 e. The van der Waals surface area contributed by atoms with Crippen LogP contribution in [0.25, 0.3) is 0 Å². The van der Waals surface area contributed by atoms with Crippen molar-refractivity contribution in [2.45, 2.75) is 87.8 Å². The molecule has 0 saturated heterocycles. The van der Waals surface area contributed by atoms with Crippen LogP contribution in [0.1, 0.15) is 83.6 Å². The number of carbonyl (C=O) groups is 1. The molecule has 7 heteroatoms. The first-order chi connectivity index (χ1) is 16.0. The molecular weight excluding hydrogens is 436 g/mol. The monoisotopic (exact) mass is 470 g/mol. The van der Waals surface area contributed by atoms with E-state index >= 15 is 0 Å². The van der Waals surface area contributed by atoms with E-state index in [1.165, 1.54) is 75.8 Å². The molecule has 0 N–H and O–H groups in total. The van der Waals surface area contributed by atoms with Crippen LogP contribution < -0.4 is 0 Å². The van der Waals surface area contributed by atoms with E-state index in [9.17, 15) is 14.9 Å². The lowest BCUT2D eigenvalue weighted by atomic mass is 10.0. The van der Waals surface area contributed by atoms with Crippen molar-refractivity contribution < 1.29 is 14.6 Å². The molecule has 2 rings (SSSR count). The highest BCUT2D eigenvalue weighted by molar-refractivity contribution is 7.99. The second kappa shape index (κ2) is 15.2. The highest BCUT2D eigenvalue weighted by Gasteiger charge is 2.08. The van der Waals surface area contributed by atoms with Gasteiger partial charge in [0.2, 0.25) is 0 Å². The van der Waals surface area contributed by atoms with Crippen molar-refractivity contribution in [2.24, 2.45) is 5.16 Å². The molecule has 0 amide bonds. The second-order valence-corrected chi connectivity index (χ2v) is 9.22.